The molecule has 1 aliphatic rings. The molecule has 7 nitrogen and oxygen atoms in total. The van der Waals surface area contributed by atoms with E-state index in [1.807, 2.05) is 31.5 Å². The predicted octanol–water partition coefficient (Wildman–Crippen LogP) is 2.51. The van der Waals surface area contributed by atoms with Gasteiger partial charge in [-0.05, 0) is 39.3 Å². The van der Waals surface area contributed by atoms with Gasteiger partial charge in [-0.3, -0.25) is 9.48 Å². The number of nitrogens with zero attached hydrogens (tertiary/aromatic N) is 3. The monoisotopic (exact) mass is 321 g/mol. The smallest absolute Gasteiger partial charge is 0.410 e. The number of hydrogen-bond acceptors (Lipinski definition) is 4. The molecule has 2 rings (SSSR count). The number of hydrogen-bond donors (Lipinski definition) is 1. The second kappa shape index (κ2) is 6.85. The second-order valence-electron chi connectivity index (χ2n) is 6.54. The van der Waals surface area contributed by atoms with Crippen molar-refractivity contribution >= 4 is 18.1 Å². The SMILES string of the molecule is CC(C)(C)OC(=O)N1CCCn2nc(/C=C/CC(=O)O)cc2C1. The van der Waals surface area contributed by atoms with E-state index in [9.17, 15) is 9.59 Å². The summed E-state index contributed by atoms with van der Waals surface area (Å²) in [7, 11) is 0. The molecular formula is C16H23N3O4. The minimum atomic E-state index is -0.877. The Hall–Kier alpha value is -2.31. The molecule has 0 atom stereocenters. The van der Waals surface area contributed by atoms with Crippen LogP contribution in [0.15, 0.2) is 12.1 Å². The molecule has 1 aromatic heterocycles. The van der Waals surface area contributed by atoms with Gasteiger partial charge in [-0.2, -0.15) is 5.10 Å². The van der Waals surface area contributed by atoms with E-state index < -0.39 is 11.6 Å². The predicted molar refractivity (Wildman–Crippen MR) is 84.8 cm³/mol. The van der Waals surface area contributed by atoms with Crippen LogP contribution in [0.5, 0.6) is 0 Å². The maximum atomic E-state index is 12.2. The molecule has 1 amide bonds. The molecule has 0 aliphatic carbocycles. The lowest BCUT2D eigenvalue weighted by Gasteiger charge is -2.26. The lowest BCUT2D eigenvalue weighted by atomic mass is 10.2. The van der Waals surface area contributed by atoms with Crippen molar-refractivity contribution in [3.8, 4) is 0 Å². The molecule has 126 valence electrons. The molecule has 7 heteroatoms. The van der Waals surface area contributed by atoms with Crippen molar-refractivity contribution in [1.29, 1.82) is 0 Å². The molecule has 1 aromatic rings. The summed E-state index contributed by atoms with van der Waals surface area (Å²) in [5, 5.41) is 13.1. The topological polar surface area (TPSA) is 84.7 Å². The Morgan fingerprint density at radius 3 is 2.78 bits per heavy atom. The highest BCUT2D eigenvalue weighted by Gasteiger charge is 2.25. The van der Waals surface area contributed by atoms with Crippen LogP contribution in [0.2, 0.25) is 0 Å². The fourth-order valence-electron chi connectivity index (χ4n) is 2.33. The first-order valence-electron chi connectivity index (χ1n) is 7.67. The van der Waals surface area contributed by atoms with Crippen molar-refractivity contribution in [3.05, 3.63) is 23.5 Å². The van der Waals surface area contributed by atoms with Gasteiger partial charge >= 0.3 is 12.1 Å². The Labute approximate surface area is 135 Å². The van der Waals surface area contributed by atoms with Gasteiger partial charge in [0.05, 0.1) is 24.4 Å². The molecule has 0 spiro atoms. The quantitative estimate of drug-likeness (QED) is 0.924. The van der Waals surface area contributed by atoms with E-state index in [1.54, 1.807) is 17.1 Å². The van der Waals surface area contributed by atoms with E-state index in [4.69, 9.17) is 9.84 Å². The van der Waals surface area contributed by atoms with Crippen LogP contribution in [-0.2, 0) is 22.6 Å². The molecule has 23 heavy (non-hydrogen) atoms. The van der Waals surface area contributed by atoms with Crippen LogP contribution in [0.3, 0.4) is 0 Å². The summed E-state index contributed by atoms with van der Waals surface area (Å²) in [6, 6.07) is 1.88. The number of carbonyl (C=O) groups is 2. The number of ether oxygens (including phenoxy) is 1. The molecule has 1 N–H and O–H groups in total. The van der Waals surface area contributed by atoms with Crippen LogP contribution in [0.1, 0.15) is 45.0 Å². The first kappa shape index (κ1) is 17.1. The average Bonchev–Trinajstić information content (AvgIpc) is 2.66. The van der Waals surface area contributed by atoms with Crippen molar-refractivity contribution in [1.82, 2.24) is 14.7 Å². The highest BCUT2D eigenvalue weighted by atomic mass is 16.6. The van der Waals surface area contributed by atoms with Crippen LogP contribution in [-0.4, -0.2) is 44.0 Å². The Kier molecular flexibility index (Phi) is 5.08. The Bertz CT molecular complexity index is 613. The number of aliphatic carboxylic acids is 1. The number of carbonyl (C=O) groups excluding carboxylic acids is 1. The highest BCUT2D eigenvalue weighted by Crippen LogP contribution is 2.17. The van der Waals surface area contributed by atoms with E-state index in [0.717, 1.165) is 18.7 Å². The van der Waals surface area contributed by atoms with Crippen LogP contribution < -0.4 is 0 Å². The molecule has 0 unspecified atom stereocenters. The number of amides is 1. The summed E-state index contributed by atoms with van der Waals surface area (Å²) in [5.41, 5.74) is 1.10. The van der Waals surface area contributed by atoms with Crippen LogP contribution in [0.4, 0.5) is 4.79 Å². The Morgan fingerprint density at radius 1 is 1.39 bits per heavy atom. The number of carboxylic acid groups (broad SMARTS) is 1. The molecule has 0 radical (unpaired) electrons. The third-order valence-electron chi connectivity index (χ3n) is 3.27. The maximum Gasteiger partial charge on any atom is 0.410 e. The minimum Gasteiger partial charge on any atom is -0.481 e. The normalized spacial score (nSPS) is 15.3. The molecular weight excluding hydrogens is 298 g/mol. The lowest BCUT2D eigenvalue weighted by Crippen LogP contribution is -2.36. The second-order valence-corrected chi connectivity index (χ2v) is 6.54. The van der Waals surface area contributed by atoms with Crippen LogP contribution in [0.25, 0.3) is 6.08 Å². The van der Waals surface area contributed by atoms with Crippen molar-refractivity contribution in [3.63, 3.8) is 0 Å². The summed E-state index contributed by atoms with van der Waals surface area (Å²) in [6.07, 6.45) is 3.69. The van der Waals surface area contributed by atoms with Crippen molar-refractivity contribution in [2.24, 2.45) is 0 Å². The lowest BCUT2D eigenvalue weighted by molar-refractivity contribution is -0.135. The zero-order valence-corrected chi connectivity index (χ0v) is 13.8. The van der Waals surface area contributed by atoms with Crippen molar-refractivity contribution in [2.75, 3.05) is 6.54 Å². The van der Waals surface area contributed by atoms with Gasteiger partial charge in [-0.1, -0.05) is 6.08 Å². The van der Waals surface area contributed by atoms with E-state index in [2.05, 4.69) is 5.10 Å². The van der Waals surface area contributed by atoms with Gasteiger partial charge < -0.3 is 14.7 Å². The van der Waals surface area contributed by atoms with E-state index in [-0.39, 0.29) is 12.5 Å². The fraction of sp³-hybridized carbons (Fsp3) is 0.562. The fourth-order valence-corrected chi connectivity index (χ4v) is 2.33. The van der Waals surface area contributed by atoms with Crippen molar-refractivity contribution in [2.45, 2.75) is 52.3 Å². The van der Waals surface area contributed by atoms with Gasteiger partial charge in [0.2, 0.25) is 0 Å². The highest BCUT2D eigenvalue weighted by molar-refractivity contribution is 5.70. The summed E-state index contributed by atoms with van der Waals surface area (Å²) < 4.78 is 7.29. The zero-order chi connectivity index (χ0) is 17.0. The average molecular weight is 321 g/mol. The summed E-state index contributed by atoms with van der Waals surface area (Å²) >= 11 is 0. The van der Waals surface area contributed by atoms with Gasteiger partial charge in [0.1, 0.15) is 5.60 Å². The molecule has 0 saturated carbocycles. The number of aryl methyl sites for hydroxylation is 1. The molecule has 1 aliphatic heterocycles. The van der Waals surface area contributed by atoms with E-state index in [0.29, 0.717) is 18.8 Å². The summed E-state index contributed by atoms with van der Waals surface area (Å²) in [4.78, 5) is 24.4. The van der Waals surface area contributed by atoms with E-state index >= 15 is 0 Å². The first-order valence-corrected chi connectivity index (χ1v) is 7.67. The van der Waals surface area contributed by atoms with Crippen LogP contribution in [0, 0.1) is 0 Å². The number of aromatic nitrogens is 2. The summed E-state index contributed by atoms with van der Waals surface area (Å²) in [5.74, 6) is -0.877. The maximum absolute atomic E-state index is 12.2. The summed E-state index contributed by atoms with van der Waals surface area (Å²) in [6.45, 7) is 7.33. The van der Waals surface area contributed by atoms with Gasteiger partial charge in [-0.25, -0.2) is 4.79 Å². The van der Waals surface area contributed by atoms with Gasteiger partial charge in [-0.15, -0.1) is 0 Å². The third-order valence-corrected chi connectivity index (χ3v) is 3.27. The largest absolute Gasteiger partial charge is 0.481 e. The number of rotatable bonds is 3. The third kappa shape index (κ3) is 5.12. The standard InChI is InChI=1S/C16H23N3O4/c1-16(2,3)23-15(22)18-8-5-9-19-13(11-18)10-12(17-19)6-4-7-14(20)21/h4,6,10H,5,7-9,11H2,1-3H3,(H,20,21)/b6-4+. The molecule has 2 heterocycles. The van der Waals surface area contributed by atoms with E-state index in [1.165, 1.54) is 0 Å². The van der Waals surface area contributed by atoms with Gasteiger partial charge in [0.15, 0.2) is 0 Å². The van der Waals surface area contributed by atoms with Gasteiger partial charge in [0, 0.05) is 13.1 Å². The first-order chi connectivity index (χ1) is 10.7. The van der Waals surface area contributed by atoms with Crippen LogP contribution >= 0.6 is 0 Å². The molecule has 0 fully saturated rings. The zero-order valence-electron chi connectivity index (χ0n) is 13.8. The molecule has 0 saturated heterocycles. The Morgan fingerprint density at radius 2 is 2.13 bits per heavy atom. The Balaban J connectivity index is 2.07. The van der Waals surface area contributed by atoms with Crippen molar-refractivity contribution < 1.29 is 19.4 Å². The molecule has 0 aromatic carbocycles. The molecule has 0 bridgehead atoms. The minimum absolute atomic E-state index is 0.0355. The van der Waals surface area contributed by atoms with Gasteiger partial charge in [0.25, 0.3) is 0 Å². The number of carboxylic acids is 1. The number of fused-ring (bicyclic) bond motifs is 1.